The summed E-state index contributed by atoms with van der Waals surface area (Å²) in [6.45, 7) is 6.15. The van der Waals surface area contributed by atoms with E-state index >= 15 is 0 Å². The summed E-state index contributed by atoms with van der Waals surface area (Å²) in [7, 11) is 0. The normalized spacial score (nSPS) is 15.7. The second-order valence-corrected chi connectivity index (χ2v) is 7.20. The lowest BCUT2D eigenvalue weighted by Gasteiger charge is -2.29. The van der Waals surface area contributed by atoms with Crippen LogP contribution in [0.4, 0.5) is 16.4 Å². The van der Waals surface area contributed by atoms with Gasteiger partial charge in [0.25, 0.3) is 0 Å². The Morgan fingerprint density at radius 2 is 2.21 bits per heavy atom. The molecule has 9 heteroatoms. The highest BCUT2D eigenvalue weighted by molar-refractivity contribution is 7.17. The molecular formula is C15H17N7OS. The Morgan fingerprint density at radius 3 is 2.96 bits per heavy atom. The van der Waals surface area contributed by atoms with Crippen LogP contribution in [0, 0.1) is 6.92 Å². The molecule has 2 amide bonds. The van der Waals surface area contributed by atoms with Crippen LogP contribution in [0.1, 0.15) is 30.9 Å². The SMILES string of the molecule is Cc1nc(Nc2n[nH]c3c2CN(C(N)=O)C3(C)C)c2sccc2n1. The van der Waals surface area contributed by atoms with Gasteiger partial charge in [0.05, 0.1) is 28.0 Å². The molecule has 0 atom stereocenters. The average Bonchev–Trinajstić information content (AvgIpc) is 3.16. The standard InChI is InChI=1S/C15H17N7OS/c1-7-17-9-4-5-24-10(9)13(18-7)19-12-8-6-22(14(16)23)15(2,3)11(8)20-21-12/h4-5H,6H2,1-3H3,(H2,16,23)(H2,17,18,19,20,21). The van der Waals surface area contributed by atoms with E-state index in [1.807, 2.05) is 32.2 Å². The van der Waals surface area contributed by atoms with Gasteiger partial charge in [-0.15, -0.1) is 11.3 Å². The molecule has 0 saturated heterocycles. The van der Waals surface area contributed by atoms with Crippen LogP contribution in [-0.4, -0.2) is 31.1 Å². The number of amides is 2. The summed E-state index contributed by atoms with van der Waals surface area (Å²) in [4.78, 5) is 22.2. The van der Waals surface area contributed by atoms with E-state index in [0.717, 1.165) is 27.3 Å². The molecule has 4 N–H and O–H groups in total. The highest BCUT2D eigenvalue weighted by Gasteiger charge is 2.43. The van der Waals surface area contributed by atoms with Crippen molar-refractivity contribution in [3.8, 4) is 0 Å². The fraction of sp³-hybridized carbons (Fsp3) is 0.333. The molecule has 3 aromatic rings. The molecule has 0 bridgehead atoms. The number of nitrogens with one attached hydrogen (secondary N) is 2. The van der Waals surface area contributed by atoms with E-state index in [9.17, 15) is 4.79 Å². The van der Waals surface area contributed by atoms with Gasteiger partial charge in [0.1, 0.15) is 5.82 Å². The van der Waals surface area contributed by atoms with Crippen molar-refractivity contribution in [1.82, 2.24) is 25.1 Å². The van der Waals surface area contributed by atoms with Crippen molar-refractivity contribution in [2.75, 3.05) is 5.32 Å². The number of rotatable bonds is 2. The van der Waals surface area contributed by atoms with Crippen LogP contribution in [-0.2, 0) is 12.1 Å². The van der Waals surface area contributed by atoms with E-state index in [4.69, 9.17) is 5.73 Å². The number of carbonyl (C=O) groups excluding carboxylic acids is 1. The van der Waals surface area contributed by atoms with E-state index in [-0.39, 0.29) is 0 Å². The number of aromatic nitrogens is 4. The quantitative estimate of drug-likeness (QED) is 0.662. The van der Waals surface area contributed by atoms with Gasteiger partial charge < -0.3 is 16.0 Å². The summed E-state index contributed by atoms with van der Waals surface area (Å²) in [6, 6.07) is 1.52. The van der Waals surface area contributed by atoms with E-state index in [2.05, 4.69) is 25.5 Å². The summed E-state index contributed by atoms with van der Waals surface area (Å²) in [5.74, 6) is 2.07. The molecule has 0 radical (unpaired) electrons. The molecule has 8 nitrogen and oxygen atoms in total. The Hall–Kier alpha value is -2.68. The number of hydrogen-bond donors (Lipinski definition) is 3. The molecule has 1 aliphatic heterocycles. The van der Waals surface area contributed by atoms with Crippen molar-refractivity contribution < 1.29 is 4.79 Å². The number of thiophene rings is 1. The van der Waals surface area contributed by atoms with Gasteiger partial charge in [-0.2, -0.15) is 5.10 Å². The van der Waals surface area contributed by atoms with Crippen molar-refractivity contribution in [2.24, 2.45) is 5.73 Å². The van der Waals surface area contributed by atoms with Gasteiger partial charge >= 0.3 is 6.03 Å². The summed E-state index contributed by atoms with van der Waals surface area (Å²) in [5, 5.41) is 12.7. The minimum Gasteiger partial charge on any atom is -0.351 e. The largest absolute Gasteiger partial charge is 0.351 e. The fourth-order valence-electron chi connectivity index (χ4n) is 3.15. The van der Waals surface area contributed by atoms with Crippen molar-refractivity contribution >= 4 is 39.2 Å². The molecule has 0 spiro atoms. The van der Waals surface area contributed by atoms with E-state index in [1.54, 1.807) is 16.2 Å². The summed E-state index contributed by atoms with van der Waals surface area (Å²) >= 11 is 1.57. The van der Waals surface area contributed by atoms with Gasteiger partial charge in [0.15, 0.2) is 11.6 Å². The highest BCUT2D eigenvalue weighted by atomic mass is 32.1. The molecule has 0 unspecified atom stereocenters. The number of nitrogens with two attached hydrogens (primary N) is 1. The van der Waals surface area contributed by atoms with Gasteiger partial charge in [-0.3, -0.25) is 5.10 Å². The first-order valence-corrected chi connectivity index (χ1v) is 8.39. The number of H-pyrrole nitrogens is 1. The lowest BCUT2D eigenvalue weighted by atomic mass is 10.0. The van der Waals surface area contributed by atoms with Crippen molar-refractivity contribution in [3.63, 3.8) is 0 Å². The average molecular weight is 343 g/mol. The molecule has 0 fully saturated rings. The first-order valence-electron chi connectivity index (χ1n) is 7.51. The predicted octanol–water partition coefficient (Wildman–Crippen LogP) is 2.60. The lowest BCUT2D eigenvalue weighted by Crippen LogP contribution is -2.43. The van der Waals surface area contributed by atoms with Crippen molar-refractivity contribution in [2.45, 2.75) is 32.9 Å². The van der Waals surface area contributed by atoms with Crippen molar-refractivity contribution in [1.29, 1.82) is 0 Å². The minimum atomic E-state index is -0.520. The fourth-order valence-corrected chi connectivity index (χ4v) is 3.92. The molecule has 0 aromatic carbocycles. The Kier molecular flexibility index (Phi) is 3.04. The number of anilines is 2. The molecule has 4 rings (SSSR count). The summed E-state index contributed by atoms with van der Waals surface area (Å²) < 4.78 is 0.973. The molecular weight excluding hydrogens is 326 g/mol. The van der Waals surface area contributed by atoms with Gasteiger partial charge in [-0.05, 0) is 32.2 Å². The number of urea groups is 1. The Labute approximate surface area is 142 Å². The molecule has 1 aliphatic rings. The predicted molar refractivity (Wildman–Crippen MR) is 92.2 cm³/mol. The smallest absolute Gasteiger partial charge is 0.315 e. The highest BCUT2D eigenvalue weighted by Crippen LogP contribution is 2.41. The van der Waals surface area contributed by atoms with E-state index < -0.39 is 11.6 Å². The number of aromatic amines is 1. The van der Waals surface area contributed by atoms with Crippen LogP contribution < -0.4 is 11.1 Å². The molecule has 0 aliphatic carbocycles. The summed E-state index contributed by atoms with van der Waals surface area (Å²) in [5.41, 5.74) is 7.71. The number of hydrogen-bond acceptors (Lipinski definition) is 6. The van der Waals surface area contributed by atoms with Crippen LogP contribution in [0.2, 0.25) is 0 Å². The molecule has 24 heavy (non-hydrogen) atoms. The maximum Gasteiger partial charge on any atom is 0.315 e. The first kappa shape index (κ1) is 14.9. The molecule has 124 valence electrons. The topological polar surface area (TPSA) is 113 Å². The zero-order valence-electron chi connectivity index (χ0n) is 13.5. The van der Waals surface area contributed by atoms with Crippen LogP contribution in [0.3, 0.4) is 0 Å². The van der Waals surface area contributed by atoms with Crippen LogP contribution in [0.25, 0.3) is 10.2 Å². The summed E-state index contributed by atoms with van der Waals surface area (Å²) in [6.07, 6.45) is 0. The van der Waals surface area contributed by atoms with Gasteiger partial charge in [0.2, 0.25) is 0 Å². The zero-order chi connectivity index (χ0) is 17.1. The lowest BCUT2D eigenvalue weighted by molar-refractivity contribution is 0.151. The van der Waals surface area contributed by atoms with Crippen LogP contribution >= 0.6 is 11.3 Å². The maximum absolute atomic E-state index is 11.7. The Morgan fingerprint density at radius 1 is 1.42 bits per heavy atom. The van der Waals surface area contributed by atoms with E-state index in [1.165, 1.54) is 0 Å². The monoisotopic (exact) mass is 343 g/mol. The number of fused-ring (bicyclic) bond motifs is 2. The second-order valence-electron chi connectivity index (χ2n) is 6.29. The maximum atomic E-state index is 11.7. The number of carbonyl (C=O) groups is 1. The third-order valence-corrected chi connectivity index (χ3v) is 5.30. The molecule has 4 heterocycles. The van der Waals surface area contributed by atoms with E-state index in [0.29, 0.717) is 18.2 Å². The Bertz CT molecular complexity index is 958. The second kappa shape index (κ2) is 4.91. The van der Waals surface area contributed by atoms with Crippen LogP contribution in [0.15, 0.2) is 11.4 Å². The number of nitrogens with zero attached hydrogens (tertiary/aromatic N) is 4. The van der Waals surface area contributed by atoms with Gasteiger partial charge in [-0.1, -0.05) is 0 Å². The number of aryl methyl sites for hydroxylation is 1. The third kappa shape index (κ3) is 2.04. The van der Waals surface area contributed by atoms with Crippen LogP contribution in [0.5, 0.6) is 0 Å². The first-order chi connectivity index (χ1) is 11.4. The van der Waals surface area contributed by atoms with Gasteiger partial charge in [-0.25, -0.2) is 14.8 Å². The molecule has 3 aromatic heterocycles. The Balaban J connectivity index is 1.76. The molecule has 0 saturated carbocycles. The van der Waals surface area contributed by atoms with Crippen molar-refractivity contribution in [3.05, 3.63) is 28.5 Å². The minimum absolute atomic E-state index is 0.411. The number of primary amides is 1. The third-order valence-electron chi connectivity index (χ3n) is 4.39. The zero-order valence-corrected chi connectivity index (χ0v) is 14.4. The van der Waals surface area contributed by atoms with Gasteiger partial charge in [0, 0.05) is 5.56 Å².